The maximum atomic E-state index is 5.62. The maximum absolute atomic E-state index is 5.62. The Balaban J connectivity index is 0.00000420. The molecule has 166 valence electrons. The molecule has 2 rings (SSSR count). The second-order valence-electron chi connectivity index (χ2n) is 8.49. The van der Waals surface area contributed by atoms with Gasteiger partial charge in [-0.2, -0.15) is 0 Å². The normalized spacial score (nSPS) is 18.2. The van der Waals surface area contributed by atoms with Gasteiger partial charge in [0, 0.05) is 45.0 Å². The van der Waals surface area contributed by atoms with Crippen LogP contribution in [0.3, 0.4) is 0 Å². The Hall–Kier alpha value is -1.22. The van der Waals surface area contributed by atoms with Crippen LogP contribution >= 0.6 is 24.0 Å². The summed E-state index contributed by atoms with van der Waals surface area (Å²) >= 11 is 0. The molecule has 1 aliphatic rings. The second kappa shape index (κ2) is 12.5. The molecule has 1 saturated heterocycles. The van der Waals surface area contributed by atoms with E-state index in [-0.39, 0.29) is 35.5 Å². The van der Waals surface area contributed by atoms with Crippen LogP contribution < -0.4 is 20.3 Å². The molecule has 1 fully saturated rings. The summed E-state index contributed by atoms with van der Waals surface area (Å²) in [5, 5.41) is 6.87. The van der Waals surface area contributed by atoms with Crippen molar-refractivity contribution in [3.05, 3.63) is 24.3 Å². The maximum Gasteiger partial charge on any atom is 0.191 e. The van der Waals surface area contributed by atoms with E-state index in [1.165, 1.54) is 12.1 Å². The van der Waals surface area contributed by atoms with Crippen LogP contribution in [0.2, 0.25) is 0 Å². The van der Waals surface area contributed by atoms with Gasteiger partial charge in [-0.3, -0.25) is 4.99 Å². The summed E-state index contributed by atoms with van der Waals surface area (Å²) in [5.41, 5.74) is 1.30. The van der Waals surface area contributed by atoms with Gasteiger partial charge in [-0.25, -0.2) is 0 Å². The van der Waals surface area contributed by atoms with Crippen LogP contribution in [0.15, 0.2) is 29.3 Å². The zero-order valence-corrected chi connectivity index (χ0v) is 21.2. The highest BCUT2D eigenvalue weighted by Crippen LogP contribution is 2.26. The van der Waals surface area contributed by atoms with E-state index in [1.807, 2.05) is 6.07 Å². The van der Waals surface area contributed by atoms with Gasteiger partial charge in [0.15, 0.2) is 5.96 Å². The number of nitrogens with zero attached hydrogens (tertiary/aromatic N) is 2. The van der Waals surface area contributed by atoms with Gasteiger partial charge in [-0.1, -0.05) is 26.8 Å². The van der Waals surface area contributed by atoms with Crippen molar-refractivity contribution in [2.24, 2.45) is 16.3 Å². The monoisotopic (exact) mass is 518 g/mol. The highest BCUT2D eigenvalue weighted by atomic mass is 127. The molecular formula is C22H39IN4O2. The predicted octanol–water partition coefficient (Wildman–Crippen LogP) is 3.76. The summed E-state index contributed by atoms with van der Waals surface area (Å²) in [6.45, 7) is 13.2. The quantitative estimate of drug-likeness (QED) is 0.312. The lowest BCUT2D eigenvalue weighted by Crippen LogP contribution is -2.41. The minimum Gasteiger partial charge on any atom is -0.497 e. The first-order valence-electron chi connectivity index (χ1n) is 10.3. The lowest BCUT2D eigenvalue weighted by Gasteiger charge is -2.28. The van der Waals surface area contributed by atoms with Crippen LogP contribution in [0.25, 0.3) is 0 Å². The van der Waals surface area contributed by atoms with E-state index in [2.05, 4.69) is 61.4 Å². The summed E-state index contributed by atoms with van der Waals surface area (Å²) in [7, 11) is 3.47. The first kappa shape index (κ1) is 25.8. The third-order valence-electron chi connectivity index (χ3n) is 5.27. The molecule has 1 aromatic rings. The number of hydrogen-bond donors (Lipinski definition) is 2. The molecule has 2 atom stereocenters. The van der Waals surface area contributed by atoms with Crippen molar-refractivity contribution in [1.29, 1.82) is 0 Å². The molecular weight excluding hydrogens is 479 g/mol. The molecule has 0 amide bonds. The molecule has 0 spiro atoms. The fourth-order valence-electron chi connectivity index (χ4n) is 3.50. The van der Waals surface area contributed by atoms with E-state index < -0.39 is 0 Å². The number of anilines is 1. The largest absolute Gasteiger partial charge is 0.497 e. The van der Waals surface area contributed by atoms with Crippen molar-refractivity contribution in [3.8, 4) is 5.75 Å². The molecule has 0 saturated carbocycles. The average molecular weight is 518 g/mol. The van der Waals surface area contributed by atoms with Gasteiger partial charge in [0.2, 0.25) is 0 Å². The van der Waals surface area contributed by atoms with E-state index in [0.717, 1.165) is 37.9 Å². The van der Waals surface area contributed by atoms with E-state index in [9.17, 15) is 0 Å². The topological polar surface area (TPSA) is 58.1 Å². The average Bonchev–Trinajstić information content (AvgIpc) is 3.14. The molecule has 6 nitrogen and oxygen atoms in total. The number of halogens is 1. The Labute approximate surface area is 193 Å². The van der Waals surface area contributed by atoms with Crippen LogP contribution in [0.5, 0.6) is 5.75 Å². The molecule has 1 heterocycles. The number of benzene rings is 1. The number of hydrogen-bond acceptors (Lipinski definition) is 4. The highest BCUT2D eigenvalue weighted by Gasteiger charge is 2.25. The van der Waals surface area contributed by atoms with Crippen LogP contribution in [0, 0.1) is 11.3 Å². The number of aliphatic imine (C=N–C) groups is 1. The lowest BCUT2D eigenvalue weighted by molar-refractivity contribution is 0.0241. The fraction of sp³-hybridized carbons (Fsp3) is 0.682. The van der Waals surface area contributed by atoms with Crippen LogP contribution in [0.1, 0.15) is 34.1 Å². The predicted molar refractivity (Wildman–Crippen MR) is 133 cm³/mol. The van der Waals surface area contributed by atoms with E-state index >= 15 is 0 Å². The number of rotatable bonds is 8. The van der Waals surface area contributed by atoms with Gasteiger partial charge in [0.25, 0.3) is 0 Å². The molecule has 2 N–H and O–H groups in total. The molecule has 0 radical (unpaired) electrons. The zero-order chi connectivity index (χ0) is 20.6. The van der Waals surface area contributed by atoms with Gasteiger partial charge in [0.1, 0.15) is 5.75 Å². The zero-order valence-electron chi connectivity index (χ0n) is 18.8. The summed E-state index contributed by atoms with van der Waals surface area (Å²) in [4.78, 5) is 7.18. The van der Waals surface area contributed by atoms with Gasteiger partial charge in [-0.05, 0) is 36.8 Å². The third-order valence-corrected chi connectivity index (χ3v) is 5.27. The van der Waals surface area contributed by atoms with Gasteiger partial charge in [0.05, 0.1) is 19.8 Å². The third kappa shape index (κ3) is 8.20. The Kier molecular flexibility index (Phi) is 11.1. The number of guanidine groups is 1. The molecule has 0 aliphatic carbocycles. The summed E-state index contributed by atoms with van der Waals surface area (Å²) in [5.74, 6) is 2.37. The van der Waals surface area contributed by atoms with Crippen LogP contribution in [0.4, 0.5) is 5.69 Å². The van der Waals surface area contributed by atoms with Crippen molar-refractivity contribution in [1.82, 2.24) is 10.6 Å². The molecule has 1 aromatic carbocycles. The number of nitrogens with one attached hydrogen (secondary N) is 2. The minimum atomic E-state index is 0. The van der Waals surface area contributed by atoms with Gasteiger partial charge < -0.3 is 25.0 Å². The summed E-state index contributed by atoms with van der Waals surface area (Å²) in [6, 6.07) is 8.31. The Morgan fingerprint density at radius 1 is 1.28 bits per heavy atom. The summed E-state index contributed by atoms with van der Waals surface area (Å²) < 4.78 is 11.0. The van der Waals surface area contributed by atoms with Crippen molar-refractivity contribution in [2.45, 2.75) is 40.2 Å². The molecule has 29 heavy (non-hydrogen) atoms. The van der Waals surface area contributed by atoms with Crippen molar-refractivity contribution in [2.75, 3.05) is 51.8 Å². The van der Waals surface area contributed by atoms with Gasteiger partial charge in [-0.15, -0.1) is 24.0 Å². The number of methoxy groups -OCH3 is 2. The molecule has 1 aliphatic heterocycles. The minimum absolute atomic E-state index is 0. The van der Waals surface area contributed by atoms with Crippen molar-refractivity contribution in [3.63, 3.8) is 0 Å². The molecule has 0 aromatic heterocycles. The standard InChI is InChI=1S/C22H38N4O2.HI/c1-7-23-21(25-15-20(28-6)22(2,3)4)24-14-17-11-12-26(16-17)18-9-8-10-19(13-18)27-5;/h8-10,13,17,20H,7,11-12,14-16H2,1-6H3,(H2,23,24,25);1H. The molecule has 7 heteroatoms. The van der Waals surface area contributed by atoms with Crippen LogP contribution in [-0.4, -0.2) is 59.0 Å². The summed E-state index contributed by atoms with van der Waals surface area (Å²) in [6.07, 6.45) is 1.27. The van der Waals surface area contributed by atoms with Crippen molar-refractivity contribution >= 4 is 35.6 Å². The lowest BCUT2D eigenvalue weighted by atomic mass is 9.89. The van der Waals surface area contributed by atoms with E-state index in [1.54, 1.807) is 14.2 Å². The SMILES string of the molecule is CCNC(=NCC(OC)C(C)(C)C)NCC1CCN(c2cccc(OC)c2)C1.I. The Morgan fingerprint density at radius 3 is 2.66 bits per heavy atom. The van der Waals surface area contributed by atoms with E-state index in [0.29, 0.717) is 12.5 Å². The smallest absolute Gasteiger partial charge is 0.191 e. The Morgan fingerprint density at radius 2 is 2.03 bits per heavy atom. The second-order valence-corrected chi connectivity index (χ2v) is 8.49. The fourth-order valence-corrected chi connectivity index (χ4v) is 3.50. The molecule has 2 unspecified atom stereocenters. The highest BCUT2D eigenvalue weighted by molar-refractivity contribution is 14.0. The van der Waals surface area contributed by atoms with Crippen molar-refractivity contribution < 1.29 is 9.47 Å². The first-order valence-corrected chi connectivity index (χ1v) is 10.3. The Bertz CT molecular complexity index is 633. The van der Waals surface area contributed by atoms with Crippen LogP contribution in [-0.2, 0) is 4.74 Å². The van der Waals surface area contributed by atoms with E-state index in [4.69, 9.17) is 14.5 Å². The molecule has 0 bridgehead atoms. The van der Waals surface area contributed by atoms with Gasteiger partial charge >= 0.3 is 0 Å². The first-order chi connectivity index (χ1) is 13.4. The number of ether oxygens (including phenoxy) is 2.